The molecule has 1 saturated heterocycles. The van der Waals surface area contributed by atoms with Gasteiger partial charge < -0.3 is 9.74 Å². The number of carbonyl (C=O) groups excluding carboxylic acids is 1. The molecule has 1 N–H and O–H groups in total. The van der Waals surface area contributed by atoms with Gasteiger partial charge in [0.25, 0.3) is 0 Å². The van der Waals surface area contributed by atoms with E-state index in [-0.39, 0.29) is 28.5 Å². The van der Waals surface area contributed by atoms with Crippen molar-refractivity contribution < 1.29 is 9.22 Å². The van der Waals surface area contributed by atoms with E-state index in [1.807, 2.05) is 18.2 Å². The molecule has 122 valence electrons. The van der Waals surface area contributed by atoms with Crippen LogP contribution in [0.2, 0.25) is 13.1 Å². The van der Waals surface area contributed by atoms with E-state index in [0.717, 1.165) is 0 Å². The molecule has 0 spiro atoms. The van der Waals surface area contributed by atoms with Crippen LogP contribution in [0.25, 0.3) is 0 Å². The van der Waals surface area contributed by atoms with Crippen molar-refractivity contribution in [2.75, 3.05) is 6.61 Å². The quantitative estimate of drug-likeness (QED) is 0.638. The smallest absolute Gasteiger partial charge is 0.227 e. The molecule has 1 heterocycles. The summed E-state index contributed by atoms with van der Waals surface area (Å²) in [7, 11) is -1.07. The van der Waals surface area contributed by atoms with Crippen LogP contribution in [0, 0.1) is 17.3 Å². The van der Waals surface area contributed by atoms with Gasteiger partial charge in [-0.1, -0.05) is 39.0 Å². The minimum atomic E-state index is -1.07. The summed E-state index contributed by atoms with van der Waals surface area (Å²) in [6, 6.07) is 10.3. The van der Waals surface area contributed by atoms with Crippen LogP contribution >= 0.6 is 11.8 Å². The highest BCUT2D eigenvalue weighted by molar-refractivity contribution is 8.00. The molecular formula is C17H27NO2SSi. The normalized spacial score (nSPS) is 23.1. The first-order chi connectivity index (χ1) is 10.3. The van der Waals surface area contributed by atoms with Gasteiger partial charge >= 0.3 is 0 Å². The summed E-state index contributed by atoms with van der Waals surface area (Å²) >= 11 is 1.74. The summed E-state index contributed by atoms with van der Waals surface area (Å²) in [6.45, 7) is 11.7. The molecule has 3 nitrogen and oxygen atoms in total. The number of hydrogen-bond donors (Lipinski definition) is 1. The topological polar surface area (TPSA) is 38.3 Å². The van der Waals surface area contributed by atoms with Crippen molar-refractivity contribution in [1.29, 1.82) is 0 Å². The molecule has 3 atom stereocenters. The Morgan fingerprint density at radius 1 is 1.27 bits per heavy atom. The minimum absolute atomic E-state index is 0.0259. The van der Waals surface area contributed by atoms with Crippen LogP contribution in [0.15, 0.2) is 35.2 Å². The first-order valence-electron chi connectivity index (χ1n) is 7.92. The molecule has 0 saturated carbocycles. The Morgan fingerprint density at radius 3 is 2.41 bits per heavy atom. The first-order valence-corrected chi connectivity index (χ1v) is 11.6. The molecule has 5 heteroatoms. The van der Waals surface area contributed by atoms with Crippen molar-refractivity contribution in [2.24, 2.45) is 17.3 Å². The number of benzene rings is 1. The summed E-state index contributed by atoms with van der Waals surface area (Å²) in [5.41, 5.74) is 0.0568. The van der Waals surface area contributed by atoms with E-state index in [2.05, 4.69) is 51.3 Å². The average molecular weight is 338 g/mol. The largest absolute Gasteiger partial charge is 0.420 e. The Hall–Kier alpha value is -0.783. The third-order valence-electron chi connectivity index (χ3n) is 4.07. The summed E-state index contributed by atoms with van der Waals surface area (Å²) in [5.74, 6) is 0.442. The Morgan fingerprint density at radius 2 is 1.91 bits per heavy atom. The molecule has 1 fully saturated rings. The Labute approximate surface area is 139 Å². The van der Waals surface area contributed by atoms with E-state index >= 15 is 0 Å². The third-order valence-corrected chi connectivity index (χ3v) is 6.14. The number of amides is 1. The van der Waals surface area contributed by atoms with E-state index in [1.54, 1.807) is 11.8 Å². The monoisotopic (exact) mass is 337 g/mol. The second-order valence-electron chi connectivity index (χ2n) is 7.24. The highest BCUT2D eigenvalue weighted by atomic mass is 32.2. The first kappa shape index (κ1) is 17.6. The fraction of sp³-hybridized carbons (Fsp3) is 0.588. The second-order valence-corrected chi connectivity index (χ2v) is 10.9. The van der Waals surface area contributed by atoms with Crippen molar-refractivity contribution in [3.63, 3.8) is 0 Å². The molecule has 1 aliphatic heterocycles. The highest BCUT2D eigenvalue weighted by Gasteiger charge is 2.48. The lowest BCUT2D eigenvalue weighted by atomic mass is 9.71. The third kappa shape index (κ3) is 4.37. The zero-order valence-electron chi connectivity index (χ0n) is 14.1. The summed E-state index contributed by atoms with van der Waals surface area (Å²) < 4.78 is 5.98. The van der Waals surface area contributed by atoms with Crippen LogP contribution in [-0.4, -0.2) is 26.9 Å². The Balaban J connectivity index is 2.09. The second kappa shape index (κ2) is 7.19. The van der Waals surface area contributed by atoms with Crippen molar-refractivity contribution in [3.05, 3.63) is 30.3 Å². The number of β-lactam (4-membered cyclic amide) rings is 1. The van der Waals surface area contributed by atoms with Gasteiger partial charge in [0.15, 0.2) is 9.04 Å². The van der Waals surface area contributed by atoms with Crippen LogP contribution in [-0.2, 0) is 9.22 Å². The van der Waals surface area contributed by atoms with Gasteiger partial charge in [0.2, 0.25) is 5.91 Å². The van der Waals surface area contributed by atoms with Gasteiger partial charge in [-0.2, -0.15) is 0 Å². The lowest BCUT2D eigenvalue weighted by Gasteiger charge is -2.46. The van der Waals surface area contributed by atoms with E-state index in [0.29, 0.717) is 6.61 Å². The molecule has 0 radical (unpaired) electrons. The molecule has 0 aliphatic carbocycles. The molecule has 22 heavy (non-hydrogen) atoms. The summed E-state index contributed by atoms with van der Waals surface area (Å²) in [4.78, 5) is 13.4. The molecule has 0 bridgehead atoms. The van der Waals surface area contributed by atoms with Gasteiger partial charge in [-0.15, -0.1) is 11.8 Å². The van der Waals surface area contributed by atoms with Gasteiger partial charge in [0.05, 0.1) is 11.3 Å². The lowest BCUT2D eigenvalue weighted by molar-refractivity contribution is -0.138. The molecule has 1 aliphatic rings. The van der Waals surface area contributed by atoms with Crippen LogP contribution in [0.1, 0.15) is 20.8 Å². The van der Waals surface area contributed by atoms with Crippen LogP contribution in [0.3, 0.4) is 0 Å². The summed E-state index contributed by atoms with van der Waals surface area (Å²) in [6.07, 6.45) is 0. The molecule has 0 unspecified atom stereocenters. The number of thioether (sulfide) groups is 1. The van der Waals surface area contributed by atoms with Crippen molar-refractivity contribution >= 4 is 26.7 Å². The van der Waals surface area contributed by atoms with Gasteiger partial charge in [0, 0.05) is 17.4 Å². The van der Waals surface area contributed by atoms with Crippen molar-refractivity contribution in [3.8, 4) is 0 Å². The fourth-order valence-corrected chi connectivity index (χ4v) is 4.53. The Kier molecular flexibility index (Phi) is 5.74. The number of carbonyl (C=O) groups is 1. The van der Waals surface area contributed by atoms with Gasteiger partial charge in [0.1, 0.15) is 0 Å². The zero-order valence-corrected chi connectivity index (χ0v) is 16.1. The van der Waals surface area contributed by atoms with E-state index in [1.165, 1.54) is 4.90 Å². The van der Waals surface area contributed by atoms with Crippen molar-refractivity contribution in [2.45, 2.75) is 44.1 Å². The molecule has 1 aromatic carbocycles. The fourth-order valence-electron chi connectivity index (χ4n) is 2.70. The maximum atomic E-state index is 12.2. The standard InChI is InChI=1S/C17H27NO2SSi/c1-17(2,3)13(11-20-22(4)5)14-15(19)18-16(14)21-12-9-7-6-8-10-12/h6-10,13-14,16,22H,11H2,1-5H3,(H,18,19)/t13-,14-,16+/m1/s1. The predicted octanol–water partition coefficient (Wildman–Crippen LogP) is 3.51. The Bertz CT molecular complexity index is 501. The predicted molar refractivity (Wildman–Crippen MR) is 95.5 cm³/mol. The van der Waals surface area contributed by atoms with Gasteiger partial charge in [-0.3, -0.25) is 4.79 Å². The SMILES string of the molecule is C[SiH](C)OC[C@H]([C@@H]1C(=O)N[C@H]1Sc1ccccc1)C(C)(C)C. The lowest BCUT2D eigenvalue weighted by Crippen LogP contribution is -2.61. The maximum absolute atomic E-state index is 12.2. The molecule has 1 amide bonds. The number of hydrogen-bond acceptors (Lipinski definition) is 3. The van der Waals surface area contributed by atoms with Crippen LogP contribution in [0.4, 0.5) is 0 Å². The summed E-state index contributed by atoms with van der Waals surface area (Å²) in [5, 5.41) is 3.21. The van der Waals surface area contributed by atoms with E-state index < -0.39 is 9.04 Å². The van der Waals surface area contributed by atoms with Crippen LogP contribution in [0.5, 0.6) is 0 Å². The molecule has 1 aromatic rings. The molecular weight excluding hydrogens is 310 g/mol. The van der Waals surface area contributed by atoms with E-state index in [9.17, 15) is 4.79 Å². The number of nitrogens with one attached hydrogen (secondary N) is 1. The van der Waals surface area contributed by atoms with Crippen molar-refractivity contribution in [1.82, 2.24) is 5.32 Å². The van der Waals surface area contributed by atoms with Crippen LogP contribution < -0.4 is 5.32 Å². The highest BCUT2D eigenvalue weighted by Crippen LogP contribution is 2.43. The molecule has 2 rings (SSSR count). The minimum Gasteiger partial charge on any atom is -0.420 e. The number of rotatable bonds is 6. The van der Waals surface area contributed by atoms with Gasteiger partial charge in [-0.25, -0.2) is 0 Å². The molecule has 0 aromatic heterocycles. The van der Waals surface area contributed by atoms with Gasteiger partial charge in [-0.05, 0) is 30.6 Å². The average Bonchev–Trinajstić information content (AvgIpc) is 2.42. The van der Waals surface area contributed by atoms with E-state index in [4.69, 9.17) is 4.43 Å². The maximum Gasteiger partial charge on any atom is 0.227 e. The zero-order chi connectivity index (χ0) is 16.3.